The minimum atomic E-state index is -2.80. The zero-order chi connectivity index (χ0) is 18.7. The van der Waals surface area contributed by atoms with E-state index in [1.807, 2.05) is 45.1 Å². The van der Waals surface area contributed by atoms with Gasteiger partial charge in [0.2, 0.25) is 0 Å². The largest absolute Gasteiger partial charge is 0.487 e. The van der Waals surface area contributed by atoms with Crippen LogP contribution in [0.15, 0.2) is 54.4 Å². The maximum absolute atomic E-state index is 13.3. The first-order valence-electron chi connectivity index (χ1n) is 8.27. The van der Waals surface area contributed by atoms with Crippen molar-refractivity contribution in [3.8, 4) is 11.8 Å². The normalized spacial score (nSPS) is 21.7. The highest BCUT2D eigenvalue weighted by Crippen LogP contribution is 2.52. The molecule has 0 fully saturated rings. The second-order valence-electron chi connectivity index (χ2n) is 6.84. The number of hydrogen-bond acceptors (Lipinski definition) is 3. The number of rotatable bonds is 5. The Kier molecular flexibility index (Phi) is 5.72. The van der Waals surface area contributed by atoms with Gasteiger partial charge in [0, 0.05) is 30.0 Å². The summed E-state index contributed by atoms with van der Waals surface area (Å²) in [5.41, 5.74) is 1.06. The van der Waals surface area contributed by atoms with E-state index in [-0.39, 0.29) is 11.6 Å². The fourth-order valence-corrected chi connectivity index (χ4v) is 4.90. The van der Waals surface area contributed by atoms with Gasteiger partial charge in [0.05, 0.1) is 11.6 Å². The number of benzene rings is 1. The number of nitriles is 1. The van der Waals surface area contributed by atoms with E-state index in [0.717, 1.165) is 16.6 Å². The third kappa shape index (κ3) is 4.51. The molecule has 1 unspecified atom stereocenters. The Morgan fingerprint density at radius 1 is 1.52 bits per heavy atom. The molecular formula is C20H25N2O2P. The zero-order valence-electron chi connectivity index (χ0n) is 15.2. The van der Waals surface area contributed by atoms with Crippen molar-refractivity contribution in [1.29, 1.82) is 5.26 Å². The molecule has 0 aliphatic carbocycles. The summed E-state index contributed by atoms with van der Waals surface area (Å²) < 4.78 is 19.4. The molecule has 2 atom stereocenters. The quantitative estimate of drug-likeness (QED) is 0.574. The number of hydrogen-bond donors (Lipinski definition) is 1. The fourth-order valence-electron chi connectivity index (χ4n) is 3.06. The Hall–Kier alpha value is -2.08. The monoisotopic (exact) mass is 356 g/mol. The van der Waals surface area contributed by atoms with Gasteiger partial charge in [0.25, 0.3) is 0 Å². The van der Waals surface area contributed by atoms with E-state index < -0.39 is 7.29 Å². The van der Waals surface area contributed by atoms with E-state index in [0.29, 0.717) is 12.0 Å². The second-order valence-corrected chi connectivity index (χ2v) is 9.47. The van der Waals surface area contributed by atoms with Crippen LogP contribution in [-0.2, 0) is 4.57 Å². The highest BCUT2D eigenvalue weighted by atomic mass is 31.2. The molecule has 0 aromatic heterocycles. The minimum absolute atomic E-state index is 0.157. The van der Waals surface area contributed by atoms with E-state index in [4.69, 9.17) is 4.74 Å². The Morgan fingerprint density at radius 2 is 2.24 bits per heavy atom. The van der Waals surface area contributed by atoms with Crippen LogP contribution in [0.3, 0.4) is 0 Å². The lowest BCUT2D eigenvalue weighted by molar-refractivity contribution is 0.0701. The third-order valence-corrected chi connectivity index (χ3v) is 6.39. The molecule has 132 valence electrons. The van der Waals surface area contributed by atoms with Crippen LogP contribution in [0.1, 0.15) is 44.4 Å². The molecule has 0 amide bonds. The van der Waals surface area contributed by atoms with Crippen molar-refractivity contribution in [3.63, 3.8) is 0 Å². The lowest BCUT2D eigenvalue weighted by Crippen LogP contribution is -2.38. The van der Waals surface area contributed by atoms with Gasteiger partial charge < -0.3 is 9.30 Å². The summed E-state index contributed by atoms with van der Waals surface area (Å²) in [6.45, 7) is 11.3. The van der Waals surface area contributed by atoms with Crippen LogP contribution >= 0.6 is 7.29 Å². The van der Waals surface area contributed by atoms with E-state index in [2.05, 4.69) is 17.7 Å². The first-order valence-corrected chi connectivity index (χ1v) is 10.4. The van der Waals surface area contributed by atoms with E-state index in [9.17, 15) is 9.83 Å². The topological polar surface area (TPSA) is 62.1 Å². The Bertz CT molecular complexity index is 815. The number of nitrogens with one attached hydrogen (secondary N) is 1. The van der Waals surface area contributed by atoms with Crippen molar-refractivity contribution in [3.05, 3.63) is 65.5 Å². The highest BCUT2D eigenvalue weighted by Gasteiger charge is 2.36. The Balaban J connectivity index is 2.42. The molecule has 4 nitrogen and oxygen atoms in total. The molecule has 0 spiro atoms. The summed E-state index contributed by atoms with van der Waals surface area (Å²) in [5.74, 6) is 0.733. The summed E-state index contributed by atoms with van der Waals surface area (Å²) in [6.07, 6.45) is 7.77. The van der Waals surface area contributed by atoms with Gasteiger partial charge in [0.1, 0.15) is 11.4 Å². The molecule has 1 aromatic carbocycles. The van der Waals surface area contributed by atoms with E-state index in [1.165, 1.54) is 0 Å². The Morgan fingerprint density at radius 3 is 2.84 bits per heavy atom. The molecule has 25 heavy (non-hydrogen) atoms. The van der Waals surface area contributed by atoms with Crippen LogP contribution in [0, 0.1) is 11.3 Å². The van der Waals surface area contributed by atoms with Crippen LogP contribution < -0.4 is 9.82 Å². The van der Waals surface area contributed by atoms with E-state index in [1.54, 1.807) is 24.9 Å². The first kappa shape index (κ1) is 19.2. The molecular weight excluding hydrogens is 331 g/mol. The average Bonchev–Trinajstić information content (AvgIpc) is 2.53. The molecule has 1 aliphatic rings. The highest BCUT2D eigenvalue weighted by molar-refractivity contribution is 7.65. The van der Waals surface area contributed by atoms with Crippen molar-refractivity contribution in [2.24, 2.45) is 0 Å². The fraction of sp³-hybridized carbons (Fsp3) is 0.350. The molecule has 1 N–H and O–H groups in total. The van der Waals surface area contributed by atoms with Gasteiger partial charge in [-0.05, 0) is 39.0 Å². The number of ether oxygens (including phenoxy) is 1. The lowest BCUT2D eigenvalue weighted by atomic mass is 9.89. The van der Waals surface area contributed by atoms with Crippen LogP contribution in [0.25, 0.3) is 0 Å². The summed E-state index contributed by atoms with van der Waals surface area (Å²) in [7, 11) is -2.80. The van der Waals surface area contributed by atoms with Gasteiger partial charge in [-0.15, -0.1) is 0 Å². The van der Waals surface area contributed by atoms with Crippen molar-refractivity contribution >= 4 is 7.29 Å². The standard InChI is InChI=1S/C20H25N2O2P/c1-6-8-9-16(7-2)25(5,23)22-18-13-20(3,4)24-19-11-10-15(14-21)12-17(18)19/h6-12,18H,1,13H2,2-5H3,(H,22,23)/b9-8-,16-7+/t18-,25?/m0/s1. The van der Waals surface area contributed by atoms with Gasteiger partial charge in [-0.1, -0.05) is 30.9 Å². The number of allylic oxidation sites excluding steroid dienone is 5. The summed E-state index contributed by atoms with van der Waals surface area (Å²) in [4.78, 5) is 0. The molecule has 0 saturated carbocycles. The summed E-state index contributed by atoms with van der Waals surface area (Å²) >= 11 is 0. The SMILES string of the molecule is C=C/C=C\C(=C/C)P(C)(=O)N[C@H]1CC(C)(C)Oc2ccc(C#N)cc21. The predicted molar refractivity (Wildman–Crippen MR) is 103 cm³/mol. The summed E-state index contributed by atoms with van der Waals surface area (Å²) in [5, 5.41) is 13.3. The Labute approximate surface area is 150 Å². The molecule has 0 saturated heterocycles. The van der Waals surface area contributed by atoms with Gasteiger partial charge in [-0.3, -0.25) is 5.09 Å². The third-order valence-electron chi connectivity index (χ3n) is 4.19. The molecule has 2 rings (SSSR count). The average molecular weight is 356 g/mol. The van der Waals surface area contributed by atoms with E-state index >= 15 is 0 Å². The smallest absolute Gasteiger partial charge is 0.173 e. The maximum atomic E-state index is 13.3. The van der Waals surface area contributed by atoms with Crippen LogP contribution in [0.5, 0.6) is 5.75 Å². The molecule has 5 heteroatoms. The molecule has 1 aromatic rings. The van der Waals surface area contributed by atoms with Gasteiger partial charge >= 0.3 is 0 Å². The molecule has 1 aliphatic heterocycles. The number of fused-ring (bicyclic) bond motifs is 1. The minimum Gasteiger partial charge on any atom is -0.487 e. The molecule has 1 heterocycles. The molecule has 0 bridgehead atoms. The van der Waals surface area contributed by atoms with Gasteiger partial charge in [-0.25, -0.2) is 0 Å². The molecule has 0 radical (unpaired) electrons. The van der Waals surface area contributed by atoms with Crippen LogP contribution in [0.4, 0.5) is 0 Å². The zero-order valence-corrected chi connectivity index (χ0v) is 16.1. The van der Waals surface area contributed by atoms with Crippen molar-refractivity contribution in [1.82, 2.24) is 5.09 Å². The van der Waals surface area contributed by atoms with Crippen molar-refractivity contribution < 1.29 is 9.30 Å². The second kappa shape index (κ2) is 7.44. The predicted octanol–water partition coefficient (Wildman–Crippen LogP) is 5.30. The lowest BCUT2D eigenvalue weighted by Gasteiger charge is -2.39. The summed E-state index contributed by atoms with van der Waals surface area (Å²) in [6, 6.07) is 7.38. The number of nitrogens with zero attached hydrogens (tertiary/aromatic N) is 1. The maximum Gasteiger partial charge on any atom is 0.173 e. The van der Waals surface area contributed by atoms with Crippen LogP contribution in [0.2, 0.25) is 0 Å². The van der Waals surface area contributed by atoms with Gasteiger partial charge in [0.15, 0.2) is 7.29 Å². The van der Waals surface area contributed by atoms with Gasteiger partial charge in [-0.2, -0.15) is 5.26 Å². The van der Waals surface area contributed by atoms with Crippen molar-refractivity contribution in [2.45, 2.75) is 38.8 Å². The van der Waals surface area contributed by atoms with Crippen molar-refractivity contribution in [2.75, 3.05) is 6.66 Å². The van der Waals surface area contributed by atoms with Crippen LogP contribution in [-0.4, -0.2) is 12.3 Å². The first-order chi connectivity index (χ1) is 11.7.